The van der Waals surface area contributed by atoms with Gasteiger partial charge in [0.25, 0.3) is 0 Å². The molecule has 1 aliphatic rings. The molecular formula is C12H17ClN2. The molecule has 1 fully saturated rings. The predicted octanol–water partition coefficient (Wildman–Crippen LogP) is 3.59. The van der Waals surface area contributed by atoms with Gasteiger partial charge in [0.05, 0.1) is 10.7 Å². The second kappa shape index (κ2) is 4.31. The summed E-state index contributed by atoms with van der Waals surface area (Å²) < 4.78 is 0. The van der Waals surface area contributed by atoms with Crippen LogP contribution in [0.5, 0.6) is 0 Å². The average molecular weight is 225 g/mol. The number of anilines is 2. The molecule has 1 aromatic carbocycles. The summed E-state index contributed by atoms with van der Waals surface area (Å²) in [6.07, 6.45) is 5.15. The number of nitrogen functional groups attached to an aromatic ring is 1. The van der Waals surface area contributed by atoms with Gasteiger partial charge in [-0.3, -0.25) is 0 Å². The number of hydrogen-bond acceptors (Lipinski definition) is 2. The number of nitrogens with one attached hydrogen (secondary N) is 1. The van der Waals surface area contributed by atoms with Gasteiger partial charge < -0.3 is 11.1 Å². The highest BCUT2D eigenvalue weighted by atomic mass is 35.5. The zero-order chi connectivity index (χ0) is 10.8. The zero-order valence-corrected chi connectivity index (χ0v) is 9.77. The van der Waals surface area contributed by atoms with Gasteiger partial charge in [0.15, 0.2) is 0 Å². The van der Waals surface area contributed by atoms with E-state index in [-0.39, 0.29) is 0 Å². The fraction of sp³-hybridized carbons (Fsp3) is 0.500. The predicted molar refractivity (Wildman–Crippen MR) is 66.5 cm³/mol. The molecule has 2 rings (SSSR count). The molecule has 15 heavy (non-hydrogen) atoms. The Morgan fingerprint density at radius 2 is 2.00 bits per heavy atom. The van der Waals surface area contributed by atoms with Crippen molar-refractivity contribution < 1.29 is 0 Å². The van der Waals surface area contributed by atoms with E-state index in [0.717, 1.165) is 22.0 Å². The quantitative estimate of drug-likeness (QED) is 0.754. The monoisotopic (exact) mass is 224 g/mol. The van der Waals surface area contributed by atoms with E-state index in [1.54, 1.807) is 0 Å². The van der Waals surface area contributed by atoms with Gasteiger partial charge in [-0.15, -0.1) is 0 Å². The van der Waals surface area contributed by atoms with E-state index in [1.165, 1.54) is 25.7 Å². The van der Waals surface area contributed by atoms with Crippen molar-refractivity contribution in [3.05, 3.63) is 22.7 Å². The Balaban J connectivity index is 2.19. The van der Waals surface area contributed by atoms with Crippen molar-refractivity contribution in [3.8, 4) is 0 Å². The fourth-order valence-corrected chi connectivity index (χ4v) is 2.56. The van der Waals surface area contributed by atoms with E-state index in [2.05, 4.69) is 5.32 Å². The lowest BCUT2D eigenvalue weighted by Crippen LogP contribution is -2.15. The lowest BCUT2D eigenvalue weighted by molar-refractivity contribution is 0.754. The van der Waals surface area contributed by atoms with Crippen LogP contribution in [0, 0.1) is 6.92 Å². The van der Waals surface area contributed by atoms with Crippen molar-refractivity contribution in [2.45, 2.75) is 38.6 Å². The topological polar surface area (TPSA) is 38.0 Å². The summed E-state index contributed by atoms with van der Waals surface area (Å²) in [4.78, 5) is 0. The summed E-state index contributed by atoms with van der Waals surface area (Å²) >= 11 is 6.17. The average Bonchev–Trinajstić information content (AvgIpc) is 2.63. The van der Waals surface area contributed by atoms with Crippen molar-refractivity contribution in [1.29, 1.82) is 0 Å². The van der Waals surface area contributed by atoms with Crippen LogP contribution in [0.3, 0.4) is 0 Å². The number of rotatable bonds is 2. The van der Waals surface area contributed by atoms with Crippen LogP contribution in [-0.2, 0) is 0 Å². The third-order valence-electron chi connectivity index (χ3n) is 3.01. The van der Waals surface area contributed by atoms with Crippen LogP contribution in [0.1, 0.15) is 31.2 Å². The highest BCUT2D eigenvalue weighted by Gasteiger charge is 2.16. The first-order chi connectivity index (χ1) is 7.16. The summed E-state index contributed by atoms with van der Waals surface area (Å²) in [7, 11) is 0. The highest BCUT2D eigenvalue weighted by molar-refractivity contribution is 6.33. The van der Waals surface area contributed by atoms with Crippen LogP contribution >= 0.6 is 11.6 Å². The summed E-state index contributed by atoms with van der Waals surface area (Å²) in [5.74, 6) is 0. The Morgan fingerprint density at radius 3 is 2.60 bits per heavy atom. The van der Waals surface area contributed by atoms with Crippen LogP contribution < -0.4 is 11.1 Å². The normalized spacial score (nSPS) is 16.9. The molecule has 1 saturated carbocycles. The van der Waals surface area contributed by atoms with E-state index in [4.69, 9.17) is 17.3 Å². The Hall–Kier alpha value is -0.890. The van der Waals surface area contributed by atoms with Gasteiger partial charge in [0, 0.05) is 11.7 Å². The Kier molecular flexibility index (Phi) is 3.06. The summed E-state index contributed by atoms with van der Waals surface area (Å²) in [5.41, 5.74) is 8.64. The molecule has 0 bridgehead atoms. The van der Waals surface area contributed by atoms with Crippen molar-refractivity contribution in [3.63, 3.8) is 0 Å². The minimum atomic E-state index is 0.588. The second-order valence-electron chi connectivity index (χ2n) is 4.32. The standard InChI is InChI=1S/C12H17ClN2/c1-8-6-9(14)7-11(13)12(8)15-10-4-2-3-5-10/h6-7,10,15H,2-5,14H2,1H3. The Bertz CT molecular complexity index is 334. The van der Waals surface area contributed by atoms with E-state index in [9.17, 15) is 0 Å². The molecule has 0 saturated heterocycles. The molecule has 1 aromatic rings. The maximum atomic E-state index is 6.17. The van der Waals surface area contributed by atoms with Crippen LogP contribution in [0.2, 0.25) is 5.02 Å². The first-order valence-corrected chi connectivity index (χ1v) is 5.87. The first-order valence-electron chi connectivity index (χ1n) is 5.49. The zero-order valence-electron chi connectivity index (χ0n) is 9.02. The number of benzene rings is 1. The van der Waals surface area contributed by atoms with Crippen molar-refractivity contribution in [2.75, 3.05) is 11.1 Å². The van der Waals surface area contributed by atoms with Crippen molar-refractivity contribution >= 4 is 23.0 Å². The molecule has 3 N–H and O–H groups in total. The molecule has 0 unspecified atom stereocenters. The summed E-state index contributed by atoms with van der Waals surface area (Å²) in [6.45, 7) is 2.04. The summed E-state index contributed by atoms with van der Waals surface area (Å²) in [6, 6.07) is 4.36. The van der Waals surface area contributed by atoms with Gasteiger partial charge in [-0.1, -0.05) is 24.4 Å². The molecule has 0 spiro atoms. The molecule has 0 atom stereocenters. The molecule has 0 amide bonds. The van der Waals surface area contributed by atoms with Crippen molar-refractivity contribution in [2.24, 2.45) is 0 Å². The fourth-order valence-electron chi connectivity index (χ4n) is 2.23. The first kappa shape index (κ1) is 10.6. The van der Waals surface area contributed by atoms with Crippen LogP contribution in [-0.4, -0.2) is 6.04 Å². The van der Waals surface area contributed by atoms with E-state index in [0.29, 0.717) is 6.04 Å². The Labute approximate surface area is 95.8 Å². The third-order valence-corrected chi connectivity index (χ3v) is 3.31. The molecular weight excluding hydrogens is 208 g/mol. The molecule has 3 heteroatoms. The lowest BCUT2D eigenvalue weighted by Gasteiger charge is -2.17. The number of aryl methyl sites for hydroxylation is 1. The minimum Gasteiger partial charge on any atom is -0.399 e. The Morgan fingerprint density at radius 1 is 1.33 bits per heavy atom. The third kappa shape index (κ3) is 2.37. The maximum absolute atomic E-state index is 6.17. The van der Waals surface area contributed by atoms with E-state index < -0.39 is 0 Å². The molecule has 82 valence electrons. The number of halogens is 1. The van der Waals surface area contributed by atoms with E-state index in [1.807, 2.05) is 19.1 Å². The maximum Gasteiger partial charge on any atom is 0.0660 e. The number of hydrogen-bond donors (Lipinski definition) is 2. The van der Waals surface area contributed by atoms with Gasteiger partial charge in [-0.05, 0) is 37.5 Å². The van der Waals surface area contributed by atoms with Crippen LogP contribution in [0.4, 0.5) is 11.4 Å². The molecule has 1 aliphatic carbocycles. The molecule has 0 aliphatic heterocycles. The van der Waals surface area contributed by atoms with Crippen molar-refractivity contribution in [1.82, 2.24) is 0 Å². The number of nitrogens with two attached hydrogens (primary N) is 1. The smallest absolute Gasteiger partial charge is 0.0660 e. The van der Waals surface area contributed by atoms with E-state index >= 15 is 0 Å². The van der Waals surface area contributed by atoms with Gasteiger partial charge in [0.2, 0.25) is 0 Å². The highest BCUT2D eigenvalue weighted by Crippen LogP contribution is 2.31. The van der Waals surface area contributed by atoms with Gasteiger partial charge in [-0.25, -0.2) is 0 Å². The van der Waals surface area contributed by atoms with Gasteiger partial charge in [0.1, 0.15) is 0 Å². The molecule has 0 heterocycles. The van der Waals surface area contributed by atoms with Gasteiger partial charge >= 0.3 is 0 Å². The largest absolute Gasteiger partial charge is 0.399 e. The second-order valence-corrected chi connectivity index (χ2v) is 4.73. The molecule has 2 nitrogen and oxygen atoms in total. The molecule has 0 radical (unpaired) electrons. The summed E-state index contributed by atoms with van der Waals surface area (Å²) in [5, 5.41) is 4.25. The van der Waals surface area contributed by atoms with Crippen LogP contribution in [0.15, 0.2) is 12.1 Å². The van der Waals surface area contributed by atoms with Gasteiger partial charge in [-0.2, -0.15) is 0 Å². The lowest BCUT2D eigenvalue weighted by atomic mass is 10.1. The minimum absolute atomic E-state index is 0.588. The SMILES string of the molecule is Cc1cc(N)cc(Cl)c1NC1CCCC1. The van der Waals surface area contributed by atoms with Crippen LogP contribution in [0.25, 0.3) is 0 Å². The molecule has 0 aromatic heterocycles.